The summed E-state index contributed by atoms with van der Waals surface area (Å²) < 4.78 is 5.10. The summed E-state index contributed by atoms with van der Waals surface area (Å²) in [5.41, 5.74) is 1.76. The van der Waals surface area contributed by atoms with Crippen molar-refractivity contribution in [2.75, 3.05) is 7.11 Å². The van der Waals surface area contributed by atoms with Crippen molar-refractivity contribution >= 4 is 34.8 Å². The van der Waals surface area contributed by atoms with Crippen molar-refractivity contribution in [2.24, 2.45) is 0 Å². The molecule has 2 aromatic carbocycles. The van der Waals surface area contributed by atoms with Gasteiger partial charge in [-0.2, -0.15) is 0 Å². The fourth-order valence-corrected chi connectivity index (χ4v) is 2.49. The topological polar surface area (TPSA) is 9.23 Å². The van der Waals surface area contributed by atoms with Crippen LogP contribution in [0.5, 0.6) is 5.75 Å². The van der Waals surface area contributed by atoms with Crippen LogP contribution < -0.4 is 4.74 Å². The highest BCUT2D eigenvalue weighted by Gasteiger charge is 2.11. The number of benzene rings is 2. The molecule has 0 saturated carbocycles. The highest BCUT2D eigenvalue weighted by atomic mass is 35.5. The van der Waals surface area contributed by atoms with Gasteiger partial charge in [0.05, 0.1) is 17.2 Å². The first kappa shape index (κ1) is 12.6. The van der Waals surface area contributed by atoms with Crippen LogP contribution in [0.2, 0.25) is 15.1 Å². The summed E-state index contributed by atoms with van der Waals surface area (Å²) in [4.78, 5) is 0. The predicted molar refractivity (Wildman–Crippen MR) is 73.5 cm³/mol. The molecule has 0 atom stereocenters. The van der Waals surface area contributed by atoms with Crippen molar-refractivity contribution in [3.8, 4) is 16.9 Å². The van der Waals surface area contributed by atoms with Gasteiger partial charge in [-0.25, -0.2) is 0 Å². The molecule has 0 radical (unpaired) electrons. The van der Waals surface area contributed by atoms with Gasteiger partial charge in [-0.1, -0.05) is 53.0 Å². The molecule has 0 saturated heterocycles. The molecule has 0 aliphatic carbocycles. The van der Waals surface area contributed by atoms with Gasteiger partial charge in [-0.05, 0) is 23.8 Å². The van der Waals surface area contributed by atoms with Crippen LogP contribution in [0.3, 0.4) is 0 Å². The second-order valence-electron chi connectivity index (χ2n) is 3.45. The smallest absolute Gasteiger partial charge is 0.156 e. The third kappa shape index (κ3) is 2.52. The number of ether oxygens (including phenoxy) is 1. The maximum atomic E-state index is 6.12. The zero-order valence-electron chi connectivity index (χ0n) is 9.01. The molecule has 88 valence electrons. The minimum Gasteiger partial charge on any atom is -0.494 e. The summed E-state index contributed by atoms with van der Waals surface area (Å²) in [7, 11) is 1.53. The Morgan fingerprint density at radius 3 is 2.00 bits per heavy atom. The number of methoxy groups -OCH3 is 1. The van der Waals surface area contributed by atoms with E-state index >= 15 is 0 Å². The lowest BCUT2D eigenvalue weighted by atomic mass is 10.1. The Balaban J connectivity index is 2.59. The summed E-state index contributed by atoms with van der Waals surface area (Å²) in [6.07, 6.45) is 0. The number of hydrogen-bond acceptors (Lipinski definition) is 1. The molecule has 0 heterocycles. The molecule has 0 N–H and O–H groups in total. The van der Waals surface area contributed by atoms with Crippen molar-refractivity contribution in [1.82, 2.24) is 0 Å². The molecule has 0 aliphatic rings. The zero-order valence-corrected chi connectivity index (χ0v) is 11.3. The maximum absolute atomic E-state index is 6.12. The van der Waals surface area contributed by atoms with Gasteiger partial charge in [0.25, 0.3) is 0 Å². The second kappa shape index (κ2) is 5.18. The van der Waals surface area contributed by atoms with Gasteiger partial charge in [-0.3, -0.25) is 0 Å². The average molecular weight is 288 g/mol. The summed E-state index contributed by atoms with van der Waals surface area (Å²) in [6, 6.07) is 11.1. The van der Waals surface area contributed by atoms with Crippen molar-refractivity contribution in [3.05, 3.63) is 51.5 Å². The predicted octanol–water partition coefficient (Wildman–Crippen LogP) is 5.32. The molecule has 0 amide bonds. The van der Waals surface area contributed by atoms with E-state index in [2.05, 4.69) is 0 Å². The molecule has 0 fully saturated rings. The Bertz CT molecular complexity index is 529. The SMILES string of the molecule is COc1c(Cl)cc(-c2ccccc2Cl)cc1Cl. The first-order valence-electron chi connectivity index (χ1n) is 4.91. The zero-order chi connectivity index (χ0) is 12.4. The number of halogens is 3. The molecular weight excluding hydrogens is 279 g/mol. The summed E-state index contributed by atoms with van der Waals surface area (Å²) >= 11 is 18.3. The Kier molecular flexibility index (Phi) is 3.82. The largest absolute Gasteiger partial charge is 0.494 e. The molecule has 0 unspecified atom stereocenters. The van der Waals surface area contributed by atoms with Crippen molar-refractivity contribution < 1.29 is 4.74 Å². The van der Waals surface area contributed by atoms with E-state index in [9.17, 15) is 0 Å². The fourth-order valence-electron chi connectivity index (χ4n) is 1.61. The normalized spacial score (nSPS) is 10.4. The van der Waals surface area contributed by atoms with Gasteiger partial charge in [0.2, 0.25) is 0 Å². The summed E-state index contributed by atoms with van der Waals surface area (Å²) in [5, 5.41) is 1.59. The lowest BCUT2D eigenvalue weighted by molar-refractivity contribution is 0.415. The van der Waals surface area contributed by atoms with Gasteiger partial charge < -0.3 is 4.74 Å². The molecule has 0 spiro atoms. The van der Waals surface area contributed by atoms with Gasteiger partial charge >= 0.3 is 0 Å². The van der Waals surface area contributed by atoms with E-state index in [0.717, 1.165) is 11.1 Å². The lowest BCUT2D eigenvalue weighted by Crippen LogP contribution is -1.87. The van der Waals surface area contributed by atoms with Crippen LogP contribution >= 0.6 is 34.8 Å². The van der Waals surface area contributed by atoms with E-state index in [-0.39, 0.29) is 0 Å². The quantitative estimate of drug-likeness (QED) is 0.726. The first-order valence-corrected chi connectivity index (χ1v) is 6.05. The van der Waals surface area contributed by atoms with E-state index < -0.39 is 0 Å². The standard InChI is InChI=1S/C13H9Cl3O/c1-17-13-11(15)6-8(7-12(13)16)9-4-2-3-5-10(9)14/h2-7H,1H3. The van der Waals surface area contributed by atoms with E-state index in [0.29, 0.717) is 20.8 Å². The lowest BCUT2D eigenvalue weighted by Gasteiger charge is -2.09. The second-order valence-corrected chi connectivity index (χ2v) is 4.67. The van der Waals surface area contributed by atoms with Gasteiger partial charge in [-0.15, -0.1) is 0 Å². The highest BCUT2D eigenvalue weighted by Crippen LogP contribution is 2.38. The molecule has 0 aromatic heterocycles. The number of rotatable bonds is 2. The molecule has 4 heteroatoms. The Hall–Kier alpha value is -0.890. The Morgan fingerprint density at radius 1 is 0.882 bits per heavy atom. The van der Waals surface area contributed by atoms with Crippen molar-refractivity contribution in [3.63, 3.8) is 0 Å². The van der Waals surface area contributed by atoms with Crippen molar-refractivity contribution in [1.29, 1.82) is 0 Å². The average Bonchev–Trinajstić information content (AvgIpc) is 2.29. The third-order valence-corrected chi connectivity index (χ3v) is 3.28. The summed E-state index contributed by atoms with van der Waals surface area (Å²) in [5.74, 6) is 0.476. The van der Waals surface area contributed by atoms with Crippen LogP contribution in [0.1, 0.15) is 0 Å². The maximum Gasteiger partial charge on any atom is 0.156 e. The van der Waals surface area contributed by atoms with Gasteiger partial charge in [0.15, 0.2) is 5.75 Å². The van der Waals surface area contributed by atoms with E-state index in [1.54, 1.807) is 12.1 Å². The Labute approximate surface area is 115 Å². The molecule has 1 nitrogen and oxygen atoms in total. The molecular formula is C13H9Cl3O. The monoisotopic (exact) mass is 286 g/mol. The van der Waals surface area contributed by atoms with Gasteiger partial charge in [0.1, 0.15) is 0 Å². The van der Waals surface area contributed by atoms with Crippen LogP contribution in [-0.2, 0) is 0 Å². The fraction of sp³-hybridized carbons (Fsp3) is 0.0769. The molecule has 0 bridgehead atoms. The van der Waals surface area contributed by atoms with Crippen LogP contribution in [-0.4, -0.2) is 7.11 Å². The molecule has 2 rings (SSSR count). The van der Waals surface area contributed by atoms with Crippen LogP contribution in [0.4, 0.5) is 0 Å². The van der Waals surface area contributed by atoms with Crippen LogP contribution in [0, 0.1) is 0 Å². The number of hydrogen-bond donors (Lipinski definition) is 0. The minimum absolute atomic E-state index is 0.468. The third-order valence-electron chi connectivity index (χ3n) is 2.39. The minimum atomic E-state index is 0.468. The Morgan fingerprint density at radius 2 is 1.47 bits per heavy atom. The molecule has 2 aromatic rings. The highest BCUT2D eigenvalue weighted by molar-refractivity contribution is 6.38. The molecule has 17 heavy (non-hydrogen) atoms. The van der Waals surface area contributed by atoms with Crippen molar-refractivity contribution in [2.45, 2.75) is 0 Å². The summed E-state index contributed by atoms with van der Waals surface area (Å²) in [6.45, 7) is 0. The van der Waals surface area contributed by atoms with E-state index in [4.69, 9.17) is 39.5 Å². The molecule has 0 aliphatic heterocycles. The van der Waals surface area contributed by atoms with E-state index in [1.165, 1.54) is 7.11 Å². The van der Waals surface area contributed by atoms with Crippen LogP contribution in [0.25, 0.3) is 11.1 Å². The van der Waals surface area contributed by atoms with Crippen LogP contribution in [0.15, 0.2) is 36.4 Å². The first-order chi connectivity index (χ1) is 8.13. The van der Waals surface area contributed by atoms with E-state index in [1.807, 2.05) is 24.3 Å². The van der Waals surface area contributed by atoms with Gasteiger partial charge in [0, 0.05) is 10.6 Å².